The van der Waals surface area contributed by atoms with Crippen LogP contribution in [0.3, 0.4) is 0 Å². The van der Waals surface area contributed by atoms with Gasteiger partial charge in [0.1, 0.15) is 10.3 Å². The number of thiophene rings is 1. The third-order valence-corrected chi connectivity index (χ3v) is 12.5. The fourth-order valence-electron chi connectivity index (χ4n) is 6.42. The van der Waals surface area contributed by atoms with E-state index in [0.29, 0.717) is 16.3 Å². The molecule has 7 nitrogen and oxygen atoms in total. The average molecular weight is 694 g/mol. The van der Waals surface area contributed by atoms with E-state index in [1.54, 1.807) is 11.8 Å². The van der Waals surface area contributed by atoms with Gasteiger partial charge in [0.25, 0.3) is 0 Å². The van der Waals surface area contributed by atoms with Crippen molar-refractivity contribution in [3.63, 3.8) is 0 Å². The number of hydrogen-bond donors (Lipinski definition) is 2. The van der Waals surface area contributed by atoms with Gasteiger partial charge in [0.15, 0.2) is 0 Å². The molecule has 1 aliphatic heterocycles. The van der Waals surface area contributed by atoms with Crippen LogP contribution in [0, 0.1) is 0 Å². The number of rotatable bonds is 7. The molecule has 0 bridgehead atoms. The second-order valence-corrected chi connectivity index (χ2v) is 15.3. The van der Waals surface area contributed by atoms with Gasteiger partial charge in [-0.2, -0.15) is 0 Å². The molecule has 0 saturated heterocycles. The van der Waals surface area contributed by atoms with E-state index in [4.69, 9.17) is 4.74 Å². The number of methoxy groups -OCH3 is 1. The maximum absolute atomic E-state index is 14.1. The Bertz CT molecular complexity index is 1900. The third kappa shape index (κ3) is 6.70. The van der Waals surface area contributed by atoms with Crippen LogP contribution in [0.25, 0.3) is 0 Å². The van der Waals surface area contributed by atoms with E-state index in [1.807, 2.05) is 89.8 Å². The topological polar surface area (TPSA) is 87.7 Å². The van der Waals surface area contributed by atoms with Crippen molar-refractivity contribution in [1.29, 1.82) is 0 Å². The van der Waals surface area contributed by atoms with Crippen LogP contribution in [-0.2, 0) is 22.4 Å². The Hall–Kier alpha value is -4.25. The molecule has 3 unspecified atom stereocenters. The molecule has 2 heterocycles. The first-order chi connectivity index (χ1) is 23.5. The van der Waals surface area contributed by atoms with Crippen molar-refractivity contribution in [1.82, 2.24) is 0 Å². The number of urea groups is 1. The summed E-state index contributed by atoms with van der Waals surface area (Å²) in [6.45, 7) is 0. The van der Waals surface area contributed by atoms with Gasteiger partial charge >= 0.3 is 12.0 Å². The number of aryl methyl sites for hydroxylation is 1. The Balaban J connectivity index is 1.14. The number of carbonyl (C=O) groups is 3. The minimum Gasteiger partial charge on any atom is -0.465 e. The summed E-state index contributed by atoms with van der Waals surface area (Å²) >= 11 is 4.65. The van der Waals surface area contributed by atoms with E-state index < -0.39 is 11.2 Å². The number of carbonyl (C=O) groups excluding carboxylic acids is 3. The zero-order valence-corrected chi connectivity index (χ0v) is 28.8. The van der Waals surface area contributed by atoms with Crippen LogP contribution in [0.2, 0.25) is 0 Å². The standard InChI is InChI=1S/C38H35N3O4S3/c1-45-37(43)33-27-17-6-3-7-20-30(27)48-36(33)40-35(42)34(24-13-4-2-5-14-24)46-26-16-12-15-25(23-26)39-38(44)41-28-18-8-10-21-31(28)47-32-22-11-9-19-29(32)41/h2,4-5,8-16,18-19,21-23,28,31,34H,3,6-7,17,20H2,1H3,(H,39,44)(H,40,42). The van der Waals surface area contributed by atoms with E-state index in [2.05, 4.69) is 28.9 Å². The van der Waals surface area contributed by atoms with Crippen LogP contribution in [0.5, 0.6) is 0 Å². The molecule has 0 radical (unpaired) electrons. The van der Waals surface area contributed by atoms with Crippen LogP contribution < -0.4 is 15.5 Å². The highest BCUT2D eigenvalue weighted by Gasteiger charge is 2.37. The lowest BCUT2D eigenvalue weighted by atomic mass is 10.1. The van der Waals surface area contributed by atoms with Crippen LogP contribution in [-0.4, -0.2) is 36.3 Å². The van der Waals surface area contributed by atoms with Crippen molar-refractivity contribution in [3.05, 3.63) is 125 Å². The Morgan fingerprint density at radius 1 is 0.896 bits per heavy atom. The predicted molar refractivity (Wildman–Crippen MR) is 197 cm³/mol. The largest absolute Gasteiger partial charge is 0.465 e. The minimum atomic E-state index is -0.615. The summed E-state index contributed by atoms with van der Waals surface area (Å²) in [5.74, 6) is -0.647. The molecule has 3 aliphatic rings. The third-order valence-electron chi connectivity index (χ3n) is 8.69. The molecule has 3 amide bonds. The number of para-hydroxylation sites is 1. The minimum absolute atomic E-state index is 0.110. The highest BCUT2D eigenvalue weighted by molar-refractivity contribution is 8.00. The Morgan fingerprint density at radius 2 is 1.69 bits per heavy atom. The summed E-state index contributed by atoms with van der Waals surface area (Å²) in [5.41, 5.74) is 3.84. The van der Waals surface area contributed by atoms with E-state index in [1.165, 1.54) is 30.2 Å². The van der Waals surface area contributed by atoms with Gasteiger partial charge in [-0.15, -0.1) is 34.9 Å². The molecule has 3 aromatic carbocycles. The predicted octanol–water partition coefficient (Wildman–Crippen LogP) is 9.28. The lowest BCUT2D eigenvalue weighted by Gasteiger charge is -2.40. The molecule has 48 heavy (non-hydrogen) atoms. The van der Waals surface area contributed by atoms with E-state index >= 15 is 0 Å². The number of hydrogen-bond acceptors (Lipinski definition) is 7. The zero-order chi connectivity index (χ0) is 33.0. The molecule has 10 heteroatoms. The van der Waals surface area contributed by atoms with Gasteiger partial charge < -0.3 is 15.4 Å². The van der Waals surface area contributed by atoms with Crippen LogP contribution in [0.15, 0.2) is 113 Å². The van der Waals surface area contributed by atoms with Gasteiger partial charge in [-0.3, -0.25) is 9.69 Å². The van der Waals surface area contributed by atoms with Crippen molar-refractivity contribution >= 4 is 69.1 Å². The van der Waals surface area contributed by atoms with Gasteiger partial charge in [-0.25, -0.2) is 9.59 Å². The molecule has 2 N–H and O–H groups in total. The second kappa shape index (κ2) is 14.5. The number of nitrogens with one attached hydrogen (secondary N) is 2. The Morgan fingerprint density at radius 3 is 2.54 bits per heavy atom. The van der Waals surface area contributed by atoms with Gasteiger partial charge in [0.2, 0.25) is 5.91 Å². The van der Waals surface area contributed by atoms with Gasteiger partial charge in [0.05, 0.1) is 29.7 Å². The van der Waals surface area contributed by atoms with Gasteiger partial charge in [-0.05, 0) is 67.1 Å². The summed E-state index contributed by atoms with van der Waals surface area (Å²) in [4.78, 5) is 45.8. The molecule has 244 valence electrons. The molecule has 4 aromatic rings. The quantitative estimate of drug-likeness (QED) is 0.114. The number of allylic oxidation sites excluding steroid dienone is 2. The number of nitrogens with zero attached hydrogens (tertiary/aromatic N) is 1. The normalized spacial score (nSPS) is 18.5. The Labute approximate surface area is 292 Å². The second-order valence-electron chi connectivity index (χ2n) is 11.8. The van der Waals surface area contributed by atoms with Crippen molar-refractivity contribution in [2.24, 2.45) is 0 Å². The summed E-state index contributed by atoms with van der Waals surface area (Å²) in [5, 5.41) is 6.30. The van der Waals surface area contributed by atoms with Crippen LogP contribution in [0.1, 0.15) is 50.9 Å². The molecule has 0 spiro atoms. The molecule has 1 aromatic heterocycles. The number of ether oxygens (including phenoxy) is 1. The average Bonchev–Trinajstić information content (AvgIpc) is 3.28. The summed E-state index contributed by atoms with van der Waals surface area (Å²) in [6, 6.07) is 24.9. The van der Waals surface area contributed by atoms with E-state index in [9.17, 15) is 14.4 Å². The SMILES string of the molecule is COC(=O)c1c(NC(=O)C(Sc2cccc(NC(=O)N3c4ccccc4SC4C=CC=CC43)c2)c2ccccc2)sc2c1CCCCC2. The molecular formula is C38H35N3O4S3. The van der Waals surface area contributed by atoms with Crippen LogP contribution in [0.4, 0.5) is 21.2 Å². The monoisotopic (exact) mass is 693 g/mol. The molecule has 2 aliphatic carbocycles. The highest BCUT2D eigenvalue weighted by Crippen LogP contribution is 2.44. The number of amides is 3. The smallest absolute Gasteiger partial charge is 0.341 e. The first-order valence-electron chi connectivity index (χ1n) is 16.1. The molecule has 3 atom stereocenters. The van der Waals surface area contributed by atoms with Crippen molar-refractivity contribution in [2.45, 2.75) is 58.4 Å². The number of thioether (sulfide) groups is 2. The molecule has 0 saturated carbocycles. The van der Waals surface area contributed by atoms with Gasteiger partial charge in [0, 0.05) is 20.4 Å². The summed E-state index contributed by atoms with van der Waals surface area (Å²) in [6.07, 6.45) is 13.1. The maximum Gasteiger partial charge on any atom is 0.341 e. The first kappa shape index (κ1) is 32.3. The Kier molecular flexibility index (Phi) is 9.74. The lowest BCUT2D eigenvalue weighted by Crippen LogP contribution is -2.49. The van der Waals surface area contributed by atoms with Gasteiger partial charge in [-0.1, -0.05) is 79.3 Å². The fraction of sp³-hybridized carbons (Fsp3) is 0.237. The number of anilines is 3. The van der Waals surface area contributed by atoms with E-state index in [0.717, 1.165) is 63.6 Å². The van der Waals surface area contributed by atoms with Crippen molar-refractivity contribution in [3.8, 4) is 0 Å². The maximum atomic E-state index is 14.1. The molecule has 0 fully saturated rings. The van der Waals surface area contributed by atoms with Crippen molar-refractivity contribution in [2.75, 3.05) is 22.6 Å². The molecular weight excluding hydrogens is 659 g/mol. The number of fused-ring (bicyclic) bond motifs is 3. The summed E-state index contributed by atoms with van der Waals surface area (Å²) < 4.78 is 5.17. The van der Waals surface area contributed by atoms with Crippen molar-refractivity contribution < 1.29 is 19.1 Å². The zero-order valence-electron chi connectivity index (χ0n) is 26.4. The number of benzene rings is 3. The number of esters is 1. The highest BCUT2D eigenvalue weighted by atomic mass is 32.2. The first-order valence-corrected chi connectivity index (χ1v) is 18.6. The fourth-order valence-corrected chi connectivity index (χ4v) is 10.0. The van der Waals surface area contributed by atoms with Crippen LogP contribution >= 0.6 is 34.9 Å². The van der Waals surface area contributed by atoms with E-state index in [-0.39, 0.29) is 23.2 Å². The molecule has 7 rings (SSSR count). The summed E-state index contributed by atoms with van der Waals surface area (Å²) in [7, 11) is 1.38. The lowest BCUT2D eigenvalue weighted by molar-refractivity contribution is -0.115.